The predicted octanol–water partition coefficient (Wildman–Crippen LogP) is -0.741. The van der Waals surface area contributed by atoms with E-state index in [4.69, 9.17) is 73.4 Å². The molecule has 0 aliphatic carbocycles. The van der Waals surface area contributed by atoms with Crippen LogP contribution in [0.3, 0.4) is 0 Å². The lowest BCUT2D eigenvalue weighted by Gasteiger charge is -2.19. The van der Waals surface area contributed by atoms with Crippen LogP contribution in [0.5, 0.6) is 0 Å². The zero-order valence-corrected chi connectivity index (χ0v) is 46.6. The van der Waals surface area contributed by atoms with Crippen molar-refractivity contribution in [3.8, 4) is 0 Å². The monoisotopic (exact) mass is 1130 g/mol. The smallest absolute Gasteiger partial charge is 0.320 e. The Morgan fingerprint density at radius 3 is 1.27 bits per heavy atom. The molecule has 0 spiro atoms. The van der Waals surface area contributed by atoms with Gasteiger partial charge < -0.3 is 100 Å². The molecule has 0 bridgehead atoms. The van der Waals surface area contributed by atoms with E-state index in [0.717, 1.165) is 31.2 Å². The summed E-state index contributed by atoms with van der Waals surface area (Å²) in [5.41, 5.74) is 11.6. The highest BCUT2D eigenvalue weighted by atomic mass is 16.6. The summed E-state index contributed by atoms with van der Waals surface area (Å²) in [6.07, 6.45) is 4.83. The zero-order chi connectivity index (χ0) is 57.3. The van der Waals surface area contributed by atoms with Crippen LogP contribution in [0, 0.1) is 0 Å². The molecule has 2 atom stereocenters. The lowest BCUT2D eigenvalue weighted by Crippen LogP contribution is -2.50. The van der Waals surface area contributed by atoms with Crippen LogP contribution in [0.4, 0.5) is 0 Å². The summed E-state index contributed by atoms with van der Waals surface area (Å²) in [5, 5.41) is 22.4. The molecule has 0 aliphatic rings. The molecule has 26 heteroatoms. The maximum absolute atomic E-state index is 13.1. The highest BCUT2D eigenvalue weighted by Gasteiger charge is 2.22. The van der Waals surface area contributed by atoms with Gasteiger partial charge in [0, 0.05) is 51.9 Å². The molecule has 0 radical (unpaired) electrons. The first kappa shape index (κ1) is 72.5. The van der Waals surface area contributed by atoms with Crippen LogP contribution in [-0.2, 0) is 92.0 Å². The number of nitrogens with two attached hydrogens (primary N) is 2. The number of unbranched alkanes of at least 4 members (excludes halogenated alkanes) is 4. The fraction of sp³-hybridized carbons (Fsp3) is 0.774. The molecule has 0 heterocycles. The molecular formula is C53H95N7O19. The number of carboxylic acids is 1. The van der Waals surface area contributed by atoms with Gasteiger partial charge in [-0.1, -0.05) is 49.6 Å². The molecular weight excluding hydrogens is 1040 g/mol. The number of carbonyl (C=O) groups is 6. The number of amides is 5. The maximum Gasteiger partial charge on any atom is 0.320 e. The van der Waals surface area contributed by atoms with Crippen LogP contribution in [-0.4, -0.2) is 244 Å². The SMILES string of the molecule is NCCNC(=O)CCOCCOCCOCCOCCOCCOCCOCCOCCOCCOCCOCCOCCNC(=O)CNC(=O)[C@H](Cc1ccccc1)NC(=O)CCCCCCCNC(=O)CC[C@H](N)C(=O)O. The summed E-state index contributed by atoms with van der Waals surface area (Å²) in [5.74, 6) is -2.57. The molecule has 456 valence electrons. The van der Waals surface area contributed by atoms with Gasteiger partial charge in [0.25, 0.3) is 0 Å². The highest BCUT2D eigenvalue weighted by Crippen LogP contribution is 2.08. The summed E-state index contributed by atoms with van der Waals surface area (Å²) < 4.78 is 65.8. The van der Waals surface area contributed by atoms with Gasteiger partial charge in [0.1, 0.15) is 12.1 Å². The van der Waals surface area contributed by atoms with Gasteiger partial charge >= 0.3 is 5.97 Å². The van der Waals surface area contributed by atoms with E-state index >= 15 is 0 Å². The van der Waals surface area contributed by atoms with E-state index in [1.165, 1.54) is 0 Å². The lowest BCUT2D eigenvalue weighted by molar-refractivity contribution is -0.138. The van der Waals surface area contributed by atoms with Gasteiger partial charge in [-0.15, -0.1) is 0 Å². The van der Waals surface area contributed by atoms with Crippen molar-refractivity contribution in [2.45, 2.75) is 76.3 Å². The topological polar surface area (TPSA) is 346 Å². The van der Waals surface area contributed by atoms with Gasteiger partial charge in [-0.3, -0.25) is 28.8 Å². The Labute approximate surface area is 466 Å². The van der Waals surface area contributed by atoms with Crippen LogP contribution < -0.4 is 38.1 Å². The number of carboxylic acid groups (broad SMARTS) is 1. The Morgan fingerprint density at radius 2 is 0.810 bits per heavy atom. The summed E-state index contributed by atoms with van der Waals surface area (Å²) in [4.78, 5) is 72.4. The quantitative estimate of drug-likeness (QED) is 0.0372. The standard InChI is InChI=1S/C53H95N7O19/c54-15-17-57-49(62)14-19-68-21-23-70-25-27-72-29-31-74-33-35-76-37-39-78-41-42-79-40-38-77-36-34-75-32-30-73-28-26-71-24-22-69-20-18-58-51(64)44-59-52(65)47(43-45-9-5-4-6-10-45)60-50(63)11-7-2-1-3-8-16-56-48(61)13-12-46(55)53(66)67/h4-6,9-10,46-47H,1-3,7-8,11-44,54-55H2,(H,56,61)(H,57,62)(H,58,64)(H,59,65)(H,60,63)(H,66,67)/t46-,47-/m0/s1. The molecule has 10 N–H and O–H groups in total. The second-order valence-electron chi connectivity index (χ2n) is 17.5. The number of ether oxygens (including phenoxy) is 12. The fourth-order valence-corrected chi connectivity index (χ4v) is 6.59. The normalized spacial score (nSPS) is 12.0. The van der Waals surface area contributed by atoms with Crippen molar-refractivity contribution in [2.24, 2.45) is 11.5 Å². The van der Waals surface area contributed by atoms with E-state index < -0.39 is 29.9 Å². The second kappa shape index (κ2) is 55.4. The van der Waals surface area contributed by atoms with Gasteiger partial charge in [-0.2, -0.15) is 0 Å². The molecule has 0 aromatic heterocycles. The van der Waals surface area contributed by atoms with Crippen molar-refractivity contribution in [1.29, 1.82) is 0 Å². The Balaban J connectivity index is 1.88. The Morgan fingerprint density at radius 1 is 0.418 bits per heavy atom. The zero-order valence-electron chi connectivity index (χ0n) is 46.6. The average Bonchev–Trinajstić information content (AvgIpc) is 3.44. The number of hydrogen-bond donors (Lipinski definition) is 8. The first-order valence-corrected chi connectivity index (χ1v) is 27.6. The van der Waals surface area contributed by atoms with Gasteiger partial charge in [-0.05, 0) is 24.8 Å². The molecule has 0 aliphatic heterocycles. The molecule has 1 aromatic rings. The van der Waals surface area contributed by atoms with Crippen molar-refractivity contribution >= 4 is 35.5 Å². The number of carbonyl (C=O) groups excluding carboxylic acids is 5. The molecule has 1 rings (SSSR count). The Bertz CT molecular complexity index is 1640. The lowest BCUT2D eigenvalue weighted by atomic mass is 10.0. The summed E-state index contributed by atoms with van der Waals surface area (Å²) in [7, 11) is 0. The van der Waals surface area contributed by atoms with Crippen LogP contribution in [0.25, 0.3) is 0 Å². The van der Waals surface area contributed by atoms with E-state index in [1.807, 2.05) is 30.3 Å². The largest absolute Gasteiger partial charge is 0.480 e. The first-order chi connectivity index (χ1) is 38.6. The van der Waals surface area contributed by atoms with E-state index in [-0.39, 0.29) is 63.1 Å². The van der Waals surface area contributed by atoms with Crippen molar-refractivity contribution in [1.82, 2.24) is 26.6 Å². The minimum atomic E-state index is -1.13. The molecule has 1 aromatic carbocycles. The van der Waals surface area contributed by atoms with Gasteiger partial charge in [0.05, 0.1) is 165 Å². The third kappa shape index (κ3) is 50.2. The van der Waals surface area contributed by atoms with E-state index in [0.29, 0.717) is 184 Å². The van der Waals surface area contributed by atoms with Gasteiger partial charge in [-0.25, -0.2) is 0 Å². The summed E-state index contributed by atoms with van der Waals surface area (Å²) >= 11 is 0. The fourth-order valence-electron chi connectivity index (χ4n) is 6.59. The minimum Gasteiger partial charge on any atom is -0.480 e. The molecule has 0 saturated heterocycles. The van der Waals surface area contributed by atoms with Crippen LogP contribution in [0.15, 0.2) is 30.3 Å². The molecule has 0 saturated carbocycles. The average molecular weight is 1130 g/mol. The highest BCUT2D eigenvalue weighted by molar-refractivity contribution is 5.90. The van der Waals surface area contributed by atoms with E-state index in [2.05, 4.69) is 26.6 Å². The first-order valence-electron chi connectivity index (χ1n) is 27.6. The summed E-state index contributed by atoms with van der Waals surface area (Å²) in [6.45, 7) is 11.5. The van der Waals surface area contributed by atoms with Gasteiger partial charge in [0.15, 0.2) is 0 Å². The second-order valence-corrected chi connectivity index (χ2v) is 17.5. The summed E-state index contributed by atoms with van der Waals surface area (Å²) in [6, 6.07) is 7.37. The Kier molecular flexibility index (Phi) is 50.8. The molecule has 26 nitrogen and oxygen atoms in total. The minimum absolute atomic E-state index is 0.0576. The molecule has 79 heavy (non-hydrogen) atoms. The third-order valence-electron chi connectivity index (χ3n) is 10.9. The molecule has 5 amide bonds. The van der Waals surface area contributed by atoms with Crippen molar-refractivity contribution in [3.63, 3.8) is 0 Å². The Hall–Kier alpha value is -4.52. The number of benzene rings is 1. The number of nitrogens with one attached hydrogen (secondary N) is 5. The maximum atomic E-state index is 13.1. The van der Waals surface area contributed by atoms with Crippen LogP contribution >= 0.6 is 0 Å². The predicted molar refractivity (Wildman–Crippen MR) is 290 cm³/mol. The molecule has 0 fully saturated rings. The number of rotatable bonds is 59. The van der Waals surface area contributed by atoms with Crippen LogP contribution in [0.1, 0.15) is 63.4 Å². The van der Waals surface area contributed by atoms with Gasteiger partial charge in [0.2, 0.25) is 29.5 Å². The third-order valence-corrected chi connectivity index (χ3v) is 10.9. The molecule has 0 unspecified atom stereocenters. The number of aliphatic carboxylic acids is 1. The van der Waals surface area contributed by atoms with Crippen molar-refractivity contribution < 1.29 is 90.7 Å². The number of hydrogen-bond acceptors (Lipinski definition) is 20. The van der Waals surface area contributed by atoms with Crippen molar-refractivity contribution in [3.05, 3.63) is 35.9 Å². The van der Waals surface area contributed by atoms with Crippen molar-refractivity contribution in [2.75, 3.05) is 191 Å². The van der Waals surface area contributed by atoms with E-state index in [9.17, 15) is 28.8 Å². The van der Waals surface area contributed by atoms with Crippen LogP contribution in [0.2, 0.25) is 0 Å². The van der Waals surface area contributed by atoms with E-state index in [1.54, 1.807) is 0 Å².